The molecule has 0 aliphatic heterocycles. The second kappa shape index (κ2) is 8.65. The molecule has 0 heterocycles. The molecule has 1 unspecified atom stereocenters. The smallest absolute Gasteiger partial charge is 0.410 e. The van der Waals surface area contributed by atoms with Crippen molar-refractivity contribution in [2.75, 3.05) is 13.7 Å². The molecule has 0 bridgehead atoms. The highest BCUT2D eigenvalue weighted by Gasteiger charge is 2.29. The van der Waals surface area contributed by atoms with Gasteiger partial charge in [0.05, 0.1) is 19.0 Å². The minimum atomic E-state index is -3.53. The zero-order valence-electron chi connectivity index (χ0n) is 14.5. The summed E-state index contributed by atoms with van der Waals surface area (Å²) in [6.45, 7) is 3.48. The normalized spacial score (nSPS) is 13.4. The van der Waals surface area contributed by atoms with Crippen molar-refractivity contribution >= 4 is 24.8 Å². The SMILES string of the molecule is CCOP(=O)(Oc1ccc(/C=C/C(C)=O)cc1OC)c1ccccc1. The van der Waals surface area contributed by atoms with Gasteiger partial charge in [0.15, 0.2) is 17.3 Å². The number of rotatable bonds is 8. The summed E-state index contributed by atoms with van der Waals surface area (Å²) in [5, 5.41) is 0.472. The minimum absolute atomic E-state index is 0.0517. The fourth-order valence-electron chi connectivity index (χ4n) is 2.14. The van der Waals surface area contributed by atoms with E-state index in [4.69, 9.17) is 13.8 Å². The fourth-order valence-corrected chi connectivity index (χ4v) is 3.73. The van der Waals surface area contributed by atoms with Gasteiger partial charge < -0.3 is 9.26 Å². The van der Waals surface area contributed by atoms with E-state index in [1.54, 1.807) is 55.5 Å². The number of ketones is 1. The van der Waals surface area contributed by atoms with Crippen LogP contribution in [0.25, 0.3) is 6.08 Å². The highest BCUT2D eigenvalue weighted by Crippen LogP contribution is 2.49. The van der Waals surface area contributed by atoms with E-state index in [-0.39, 0.29) is 12.4 Å². The van der Waals surface area contributed by atoms with Gasteiger partial charge in [0, 0.05) is 0 Å². The molecule has 0 fully saturated rings. The third kappa shape index (κ3) is 5.05. The molecule has 0 N–H and O–H groups in total. The Morgan fingerprint density at radius 1 is 1.12 bits per heavy atom. The quantitative estimate of drug-likeness (QED) is 0.521. The zero-order chi connectivity index (χ0) is 18.3. The van der Waals surface area contributed by atoms with Gasteiger partial charge in [0.2, 0.25) is 0 Å². The van der Waals surface area contributed by atoms with Gasteiger partial charge >= 0.3 is 7.60 Å². The van der Waals surface area contributed by atoms with Gasteiger partial charge in [-0.05, 0) is 49.8 Å². The summed E-state index contributed by atoms with van der Waals surface area (Å²) in [6, 6.07) is 13.9. The van der Waals surface area contributed by atoms with Crippen molar-refractivity contribution in [1.82, 2.24) is 0 Å². The predicted octanol–water partition coefficient (Wildman–Crippen LogP) is 4.23. The largest absolute Gasteiger partial charge is 0.493 e. The molecule has 0 aliphatic carbocycles. The Morgan fingerprint density at radius 2 is 1.84 bits per heavy atom. The van der Waals surface area contributed by atoms with Gasteiger partial charge in [-0.25, -0.2) is 4.57 Å². The number of methoxy groups -OCH3 is 1. The molecule has 0 aromatic heterocycles. The average molecular weight is 360 g/mol. The van der Waals surface area contributed by atoms with Gasteiger partial charge in [-0.15, -0.1) is 0 Å². The Bertz CT molecular complexity index is 799. The maximum absolute atomic E-state index is 13.2. The molecule has 0 spiro atoms. The first kappa shape index (κ1) is 19.0. The van der Waals surface area contributed by atoms with E-state index in [1.807, 2.05) is 6.07 Å². The van der Waals surface area contributed by atoms with E-state index < -0.39 is 7.60 Å². The summed E-state index contributed by atoms with van der Waals surface area (Å²) in [4.78, 5) is 11.1. The molecule has 2 rings (SSSR count). The number of ether oxygens (including phenoxy) is 1. The van der Waals surface area contributed by atoms with Gasteiger partial charge in [0.1, 0.15) is 0 Å². The Labute approximate surface area is 147 Å². The number of hydrogen-bond donors (Lipinski definition) is 0. The van der Waals surface area contributed by atoms with E-state index in [1.165, 1.54) is 20.1 Å². The van der Waals surface area contributed by atoms with Crippen LogP contribution in [0.5, 0.6) is 11.5 Å². The van der Waals surface area contributed by atoms with E-state index in [9.17, 15) is 9.36 Å². The lowest BCUT2D eigenvalue weighted by molar-refractivity contribution is -0.112. The summed E-state index contributed by atoms with van der Waals surface area (Å²) in [6.07, 6.45) is 3.14. The van der Waals surface area contributed by atoms with Crippen LogP contribution < -0.4 is 14.6 Å². The molecule has 6 heteroatoms. The summed E-state index contributed by atoms with van der Waals surface area (Å²) in [5.41, 5.74) is 0.769. The van der Waals surface area contributed by atoms with Crippen LogP contribution in [0.2, 0.25) is 0 Å². The Balaban J connectivity index is 2.36. The molecular weight excluding hydrogens is 339 g/mol. The van der Waals surface area contributed by atoms with Crippen molar-refractivity contribution in [2.45, 2.75) is 13.8 Å². The molecule has 2 aromatic carbocycles. The van der Waals surface area contributed by atoms with Gasteiger partial charge in [0.25, 0.3) is 0 Å². The number of hydrogen-bond acceptors (Lipinski definition) is 5. The van der Waals surface area contributed by atoms with Crippen LogP contribution in [0.3, 0.4) is 0 Å². The third-order valence-corrected chi connectivity index (χ3v) is 5.25. The zero-order valence-corrected chi connectivity index (χ0v) is 15.4. The monoisotopic (exact) mass is 360 g/mol. The Morgan fingerprint density at radius 3 is 2.44 bits per heavy atom. The second-order valence-electron chi connectivity index (χ2n) is 5.20. The molecular formula is C19H21O5P. The second-order valence-corrected chi connectivity index (χ2v) is 7.15. The minimum Gasteiger partial charge on any atom is -0.493 e. The molecule has 0 aliphatic rings. The molecule has 5 nitrogen and oxygen atoms in total. The van der Waals surface area contributed by atoms with Crippen molar-refractivity contribution in [3.63, 3.8) is 0 Å². The predicted molar refractivity (Wildman–Crippen MR) is 98.6 cm³/mol. The molecule has 1 atom stereocenters. The number of carbonyl (C=O) groups is 1. The van der Waals surface area contributed by atoms with Crippen molar-refractivity contribution in [3.8, 4) is 11.5 Å². The molecule has 132 valence electrons. The van der Waals surface area contributed by atoms with Crippen LogP contribution >= 0.6 is 7.60 Å². The Hall–Kier alpha value is -2.36. The fraction of sp³-hybridized carbons (Fsp3) is 0.211. The van der Waals surface area contributed by atoms with Crippen LogP contribution in [0.4, 0.5) is 0 Å². The highest BCUT2D eigenvalue weighted by atomic mass is 31.2. The molecule has 0 amide bonds. The standard InChI is InChI=1S/C19H21O5P/c1-4-23-25(21,17-8-6-5-7-9-17)24-18-13-12-16(11-10-15(2)20)14-19(18)22-3/h5-14H,4H2,1-3H3/b11-10+. The van der Waals surface area contributed by atoms with E-state index in [0.717, 1.165) is 5.56 Å². The first-order valence-corrected chi connectivity index (χ1v) is 9.39. The summed E-state index contributed by atoms with van der Waals surface area (Å²) < 4.78 is 29.7. The van der Waals surface area contributed by atoms with Crippen molar-refractivity contribution in [2.24, 2.45) is 0 Å². The van der Waals surface area contributed by atoms with Crippen molar-refractivity contribution in [3.05, 3.63) is 60.2 Å². The number of benzene rings is 2. The maximum atomic E-state index is 13.2. The first-order valence-electron chi connectivity index (χ1n) is 7.85. The summed E-state index contributed by atoms with van der Waals surface area (Å²) >= 11 is 0. The van der Waals surface area contributed by atoms with Crippen LogP contribution in [-0.4, -0.2) is 19.5 Å². The lowest BCUT2D eigenvalue weighted by Gasteiger charge is -2.20. The van der Waals surface area contributed by atoms with E-state index >= 15 is 0 Å². The van der Waals surface area contributed by atoms with Gasteiger partial charge in [-0.3, -0.25) is 9.32 Å². The van der Waals surface area contributed by atoms with Crippen LogP contribution in [-0.2, 0) is 13.9 Å². The third-order valence-electron chi connectivity index (χ3n) is 3.29. The topological polar surface area (TPSA) is 61.8 Å². The van der Waals surface area contributed by atoms with Crippen molar-refractivity contribution in [1.29, 1.82) is 0 Å². The number of carbonyl (C=O) groups excluding carboxylic acids is 1. The molecule has 0 radical (unpaired) electrons. The van der Waals surface area contributed by atoms with Gasteiger partial charge in [-0.2, -0.15) is 0 Å². The van der Waals surface area contributed by atoms with Crippen LogP contribution in [0, 0.1) is 0 Å². The van der Waals surface area contributed by atoms with E-state index in [2.05, 4.69) is 0 Å². The highest BCUT2D eigenvalue weighted by molar-refractivity contribution is 7.62. The Kier molecular flexibility index (Phi) is 6.57. The van der Waals surface area contributed by atoms with E-state index in [0.29, 0.717) is 16.8 Å². The summed E-state index contributed by atoms with van der Waals surface area (Å²) in [7, 11) is -2.04. The molecule has 2 aromatic rings. The molecule has 0 saturated carbocycles. The summed E-state index contributed by atoms with van der Waals surface area (Å²) in [5.74, 6) is 0.661. The average Bonchev–Trinajstić information content (AvgIpc) is 2.61. The van der Waals surface area contributed by atoms with Crippen LogP contribution in [0.15, 0.2) is 54.6 Å². The first-order chi connectivity index (χ1) is 12.0. The number of allylic oxidation sites excluding steroid dienone is 1. The lowest BCUT2D eigenvalue weighted by Crippen LogP contribution is -2.12. The lowest BCUT2D eigenvalue weighted by atomic mass is 10.2. The van der Waals surface area contributed by atoms with Gasteiger partial charge in [-0.1, -0.05) is 30.3 Å². The maximum Gasteiger partial charge on any atom is 0.410 e. The molecule has 25 heavy (non-hydrogen) atoms. The van der Waals surface area contributed by atoms with Crippen LogP contribution in [0.1, 0.15) is 19.4 Å². The van der Waals surface area contributed by atoms with Crippen molar-refractivity contribution < 1.29 is 23.1 Å². The molecule has 0 saturated heterocycles.